The van der Waals surface area contributed by atoms with Crippen molar-refractivity contribution in [1.29, 1.82) is 0 Å². The molecule has 0 N–H and O–H groups in total. The van der Waals surface area contributed by atoms with E-state index in [1.54, 1.807) is 36.1 Å². The number of fused-ring (bicyclic) bond motifs is 1. The van der Waals surface area contributed by atoms with E-state index in [1.165, 1.54) is 0 Å². The highest BCUT2D eigenvalue weighted by atomic mass is 35.5. The lowest BCUT2D eigenvalue weighted by Gasteiger charge is -2.21. The first-order valence-electron chi connectivity index (χ1n) is 8.02. The van der Waals surface area contributed by atoms with E-state index in [9.17, 15) is 9.59 Å². The van der Waals surface area contributed by atoms with Gasteiger partial charge >= 0.3 is 5.97 Å². The number of para-hydroxylation sites is 1. The Labute approximate surface area is 151 Å². The zero-order valence-corrected chi connectivity index (χ0v) is 14.5. The Kier molecular flexibility index (Phi) is 5.24. The summed E-state index contributed by atoms with van der Waals surface area (Å²) >= 11 is 5.79. The van der Waals surface area contributed by atoms with Crippen LogP contribution in [0.3, 0.4) is 0 Å². The number of rotatable bonds is 5. The first kappa shape index (κ1) is 17.3. The second-order valence-electron chi connectivity index (χ2n) is 5.74. The summed E-state index contributed by atoms with van der Waals surface area (Å²) in [6.07, 6.45) is -0.0603. The Morgan fingerprint density at radius 2 is 1.88 bits per heavy atom. The Bertz CT molecular complexity index is 775. The van der Waals surface area contributed by atoms with Crippen LogP contribution in [0.25, 0.3) is 0 Å². The standard InChI is InChI=1S/C19H18ClNO4/c1-13(19(23)21-11-10-14-4-2-3-5-17(14)21)25-18(22)12-24-16-8-6-15(20)7-9-16/h2-9,13H,10-12H2,1H3. The van der Waals surface area contributed by atoms with Gasteiger partial charge in [-0.25, -0.2) is 4.79 Å². The average Bonchev–Trinajstić information content (AvgIpc) is 3.04. The fraction of sp³-hybridized carbons (Fsp3) is 0.263. The number of hydrogen-bond donors (Lipinski definition) is 0. The Morgan fingerprint density at radius 3 is 2.64 bits per heavy atom. The smallest absolute Gasteiger partial charge is 0.344 e. The van der Waals surface area contributed by atoms with Crippen molar-refractivity contribution in [3.63, 3.8) is 0 Å². The van der Waals surface area contributed by atoms with Gasteiger partial charge in [-0.15, -0.1) is 0 Å². The van der Waals surface area contributed by atoms with Crippen LogP contribution in [0.5, 0.6) is 5.75 Å². The van der Waals surface area contributed by atoms with E-state index in [2.05, 4.69) is 0 Å². The van der Waals surface area contributed by atoms with Crippen LogP contribution in [-0.4, -0.2) is 31.1 Å². The van der Waals surface area contributed by atoms with Crippen molar-refractivity contribution in [3.05, 3.63) is 59.1 Å². The molecule has 1 atom stereocenters. The molecule has 0 aliphatic carbocycles. The molecule has 0 fully saturated rings. The summed E-state index contributed by atoms with van der Waals surface area (Å²) in [4.78, 5) is 26.1. The Balaban J connectivity index is 1.53. The molecule has 25 heavy (non-hydrogen) atoms. The molecule has 1 unspecified atom stereocenters. The predicted molar refractivity (Wildman–Crippen MR) is 95.0 cm³/mol. The maximum atomic E-state index is 12.5. The van der Waals surface area contributed by atoms with E-state index in [4.69, 9.17) is 21.1 Å². The molecule has 0 saturated carbocycles. The zero-order valence-electron chi connectivity index (χ0n) is 13.8. The van der Waals surface area contributed by atoms with Crippen LogP contribution in [0.15, 0.2) is 48.5 Å². The van der Waals surface area contributed by atoms with Crippen LogP contribution in [0.4, 0.5) is 5.69 Å². The molecule has 2 aromatic carbocycles. The molecule has 130 valence electrons. The van der Waals surface area contributed by atoms with Crippen molar-refractivity contribution < 1.29 is 19.1 Å². The highest BCUT2D eigenvalue weighted by molar-refractivity contribution is 6.30. The number of nitrogens with zero attached hydrogens (tertiary/aromatic N) is 1. The summed E-state index contributed by atoms with van der Waals surface area (Å²) in [5.74, 6) is -0.318. The first-order chi connectivity index (χ1) is 12.0. The fourth-order valence-electron chi connectivity index (χ4n) is 2.74. The SMILES string of the molecule is CC(OC(=O)COc1ccc(Cl)cc1)C(=O)N1CCc2ccccc21. The molecule has 5 nitrogen and oxygen atoms in total. The molecular formula is C19H18ClNO4. The molecule has 1 aliphatic heterocycles. The van der Waals surface area contributed by atoms with Crippen LogP contribution in [0, 0.1) is 0 Å². The lowest BCUT2D eigenvalue weighted by Crippen LogP contribution is -2.39. The van der Waals surface area contributed by atoms with E-state index in [1.807, 2.05) is 24.3 Å². The van der Waals surface area contributed by atoms with E-state index in [0.717, 1.165) is 17.7 Å². The lowest BCUT2D eigenvalue weighted by molar-refractivity contribution is -0.155. The van der Waals surface area contributed by atoms with Gasteiger partial charge in [-0.1, -0.05) is 29.8 Å². The normalized spacial score (nSPS) is 13.9. The maximum absolute atomic E-state index is 12.5. The summed E-state index contributed by atoms with van der Waals surface area (Å²) in [7, 11) is 0. The van der Waals surface area contributed by atoms with Gasteiger partial charge in [0, 0.05) is 17.3 Å². The van der Waals surface area contributed by atoms with Gasteiger partial charge < -0.3 is 14.4 Å². The summed E-state index contributed by atoms with van der Waals surface area (Å²) in [6, 6.07) is 14.4. The van der Waals surface area contributed by atoms with Crippen molar-refractivity contribution in [1.82, 2.24) is 0 Å². The van der Waals surface area contributed by atoms with Crippen molar-refractivity contribution in [2.24, 2.45) is 0 Å². The van der Waals surface area contributed by atoms with Crippen LogP contribution in [-0.2, 0) is 20.7 Å². The molecule has 1 aliphatic rings. The molecule has 0 saturated heterocycles. The number of amides is 1. The number of carbonyl (C=O) groups is 2. The summed E-state index contributed by atoms with van der Waals surface area (Å²) in [5, 5.41) is 0.583. The zero-order chi connectivity index (χ0) is 17.8. The molecule has 0 spiro atoms. The largest absolute Gasteiger partial charge is 0.482 e. The third kappa shape index (κ3) is 4.12. The van der Waals surface area contributed by atoms with Crippen LogP contribution < -0.4 is 9.64 Å². The number of ether oxygens (including phenoxy) is 2. The summed E-state index contributed by atoms with van der Waals surface area (Å²) in [5.41, 5.74) is 2.01. The number of halogens is 1. The van der Waals surface area contributed by atoms with Crippen LogP contribution in [0.1, 0.15) is 12.5 Å². The minimum absolute atomic E-state index is 0.232. The second-order valence-corrected chi connectivity index (χ2v) is 6.18. The molecule has 0 aromatic heterocycles. The molecule has 0 bridgehead atoms. The number of benzene rings is 2. The molecular weight excluding hydrogens is 342 g/mol. The quantitative estimate of drug-likeness (QED) is 0.769. The molecule has 1 heterocycles. The topological polar surface area (TPSA) is 55.8 Å². The highest BCUT2D eigenvalue weighted by Crippen LogP contribution is 2.28. The van der Waals surface area contributed by atoms with Gasteiger partial charge in [-0.2, -0.15) is 0 Å². The number of anilines is 1. The first-order valence-corrected chi connectivity index (χ1v) is 8.39. The second kappa shape index (κ2) is 7.57. The number of hydrogen-bond acceptors (Lipinski definition) is 4. The average molecular weight is 360 g/mol. The van der Waals surface area contributed by atoms with Gasteiger partial charge in [-0.3, -0.25) is 4.79 Å². The number of carbonyl (C=O) groups excluding carboxylic acids is 2. The van der Waals surface area contributed by atoms with Crippen molar-refractivity contribution in [3.8, 4) is 5.75 Å². The summed E-state index contributed by atoms with van der Waals surface area (Å²) in [6.45, 7) is 1.90. The van der Waals surface area contributed by atoms with E-state index >= 15 is 0 Å². The van der Waals surface area contributed by atoms with Gasteiger partial charge in [0.1, 0.15) is 5.75 Å². The van der Waals surface area contributed by atoms with Gasteiger partial charge in [0.05, 0.1) is 0 Å². The molecule has 2 aromatic rings. The molecule has 6 heteroatoms. The monoisotopic (exact) mass is 359 g/mol. The third-order valence-electron chi connectivity index (χ3n) is 3.98. The van der Waals surface area contributed by atoms with Gasteiger partial charge in [0.25, 0.3) is 5.91 Å². The highest BCUT2D eigenvalue weighted by Gasteiger charge is 2.29. The maximum Gasteiger partial charge on any atom is 0.344 e. The predicted octanol–water partition coefficient (Wildman–Crippen LogP) is 3.24. The Morgan fingerprint density at radius 1 is 1.16 bits per heavy atom. The van der Waals surface area contributed by atoms with Gasteiger partial charge in [0.2, 0.25) is 0 Å². The van der Waals surface area contributed by atoms with Gasteiger partial charge in [-0.05, 0) is 49.2 Å². The van der Waals surface area contributed by atoms with E-state index < -0.39 is 12.1 Å². The minimum Gasteiger partial charge on any atom is -0.482 e. The molecule has 3 rings (SSSR count). The minimum atomic E-state index is -0.868. The Hall–Kier alpha value is -2.53. The van der Waals surface area contributed by atoms with Crippen molar-refractivity contribution in [2.45, 2.75) is 19.4 Å². The van der Waals surface area contributed by atoms with E-state index in [-0.39, 0.29) is 12.5 Å². The molecule has 1 amide bonds. The van der Waals surface area contributed by atoms with Crippen molar-refractivity contribution in [2.75, 3.05) is 18.1 Å². The van der Waals surface area contributed by atoms with Crippen LogP contribution in [0.2, 0.25) is 5.02 Å². The fourth-order valence-corrected chi connectivity index (χ4v) is 2.87. The lowest BCUT2D eigenvalue weighted by atomic mass is 10.2. The summed E-state index contributed by atoms with van der Waals surface area (Å²) < 4.78 is 10.5. The van der Waals surface area contributed by atoms with E-state index in [0.29, 0.717) is 17.3 Å². The molecule has 0 radical (unpaired) electrons. The van der Waals surface area contributed by atoms with Crippen molar-refractivity contribution >= 4 is 29.2 Å². The number of esters is 1. The third-order valence-corrected chi connectivity index (χ3v) is 4.23. The van der Waals surface area contributed by atoms with Gasteiger partial charge in [0.15, 0.2) is 12.7 Å². The van der Waals surface area contributed by atoms with Crippen LogP contribution >= 0.6 is 11.6 Å².